The van der Waals surface area contributed by atoms with Crippen LogP contribution in [-0.2, 0) is 11.8 Å². The van der Waals surface area contributed by atoms with Crippen LogP contribution in [0, 0.1) is 6.92 Å². The van der Waals surface area contributed by atoms with Crippen molar-refractivity contribution in [1.29, 1.82) is 0 Å². The average molecular weight is 235 g/mol. The zero-order chi connectivity index (χ0) is 12.0. The third-order valence-electron chi connectivity index (χ3n) is 3.42. The van der Waals surface area contributed by atoms with Gasteiger partial charge in [-0.25, -0.2) is 4.98 Å². The molecule has 1 fully saturated rings. The van der Waals surface area contributed by atoms with Gasteiger partial charge in [-0.05, 0) is 19.8 Å². The lowest BCUT2D eigenvalue weighted by Crippen LogP contribution is -2.21. The van der Waals surface area contributed by atoms with E-state index >= 15 is 0 Å². The Labute approximate surface area is 99.4 Å². The van der Waals surface area contributed by atoms with Gasteiger partial charge in [-0.3, -0.25) is 9.25 Å². The number of imidazole rings is 1. The van der Waals surface area contributed by atoms with E-state index in [0.29, 0.717) is 12.0 Å². The molecule has 2 N–H and O–H groups in total. The van der Waals surface area contributed by atoms with Gasteiger partial charge in [-0.1, -0.05) is 0 Å². The molecule has 3 heterocycles. The molecule has 2 aromatic rings. The molecule has 2 aromatic heterocycles. The summed E-state index contributed by atoms with van der Waals surface area (Å²) in [7, 11) is 1.94. The summed E-state index contributed by atoms with van der Waals surface area (Å²) in [5.41, 5.74) is 8.90. The first-order chi connectivity index (χ1) is 8.18. The lowest BCUT2D eigenvalue weighted by molar-refractivity contribution is 0.0708. The Morgan fingerprint density at radius 2 is 2.06 bits per heavy atom. The topological polar surface area (TPSA) is 70.9 Å². The fraction of sp³-hybridized carbons (Fsp3) is 0.636. The fourth-order valence-electron chi connectivity index (χ4n) is 2.62. The number of fused-ring (bicyclic) bond motifs is 1. The molecule has 6 heteroatoms. The Morgan fingerprint density at radius 1 is 1.35 bits per heavy atom. The molecule has 6 nitrogen and oxygen atoms in total. The first-order valence-corrected chi connectivity index (χ1v) is 5.93. The molecule has 92 valence electrons. The number of rotatable bonds is 1. The van der Waals surface area contributed by atoms with Gasteiger partial charge in [0.25, 0.3) is 0 Å². The van der Waals surface area contributed by atoms with Gasteiger partial charge in [0, 0.05) is 26.3 Å². The second-order valence-corrected chi connectivity index (χ2v) is 4.56. The normalized spacial score (nSPS) is 18.0. The number of anilines is 1. The number of hydrogen-bond acceptors (Lipinski definition) is 4. The van der Waals surface area contributed by atoms with Gasteiger partial charge < -0.3 is 10.5 Å². The first-order valence-electron chi connectivity index (χ1n) is 5.93. The summed E-state index contributed by atoms with van der Waals surface area (Å²) in [5.74, 6) is 0.586. The van der Waals surface area contributed by atoms with Crippen molar-refractivity contribution >= 4 is 17.1 Å². The predicted molar refractivity (Wildman–Crippen MR) is 64.7 cm³/mol. The summed E-state index contributed by atoms with van der Waals surface area (Å²) >= 11 is 0. The van der Waals surface area contributed by atoms with Gasteiger partial charge in [0.1, 0.15) is 5.52 Å². The number of hydrogen-bond donors (Lipinski definition) is 1. The van der Waals surface area contributed by atoms with Crippen LogP contribution in [0.1, 0.15) is 24.6 Å². The zero-order valence-electron chi connectivity index (χ0n) is 10.2. The third-order valence-corrected chi connectivity index (χ3v) is 3.42. The van der Waals surface area contributed by atoms with Crippen molar-refractivity contribution in [3.05, 3.63) is 5.69 Å². The molecule has 0 aromatic carbocycles. The van der Waals surface area contributed by atoms with Gasteiger partial charge in [0.05, 0.1) is 5.69 Å². The number of nitrogens with zero attached hydrogens (tertiary/aromatic N) is 4. The standard InChI is InChI=1S/C11H17N5O/c1-7-9-10(15(2)14-7)16(11(12)13-9)8-3-5-17-6-4-8/h8H,3-6H2,1-2H3,(H2,12,13). The van der Waals surface area contributed by atoms with E-state index in [-0.39, 0.29) is 0 Å². The van der Waals surface area contributed by atoms with E-state index in [9.17, 15) is 0 Å². The van der Waals surface area contributed by atoms with E-state index < -0.39 is 0 Å². The highest BCUT2D eigenvalue weighted by molar-refractivity contribution is 5.77. The molecule has 0 bridgehead atoms. The van der Waals surface area contributed by atoms with Crippen LogP contribution in [0.15, 0.2) is 0 Å². The maximum Gasteiger partial charge on any atom is 0.202 e. The van der Waals surface area contributed by atoms with Crippen LogP contribution >= 0.6 is 0 Å². The van der Waals surface area contributed by atoms with E-state index in [1.165, 1.54) is 0 Å². The van der Waals surface area contributed by atoms with E-state index in [1.807, 2.05) is 18.7 Å². The predicted octanol–water partition coefficient (Wildman–Crippen LogP) is 1.01. The average Bonchev–Trinajstić information content (AvgIpc) is 2.79. The Kier molecular flexibility index (Phi) is 2.32. The molecule has 0 amide bonds. The monoisotopic (exact) mass is 235 g/mol. The minimum Gasteiger partial charge on any atom is -0.381 e. The Morgan fingerprint density at radius 3 is 2.76 bits per heavy atom. The second-order valence-electron chi connectivity index (χ2n) is 4.56. The molecule has 0 radical (unpaired) electrons. The lowest BCUT2D eigenvalue weighted by Gasteiger charge is -2.24. The molecular formula is C11H17N5O. The molecule has 1 aliphatic heterocycles. The fourth-order valence-corrected chi connectivity index (χ4v) is 2.62. The van der Waals surface area contributed by atoms with E-state index in [2.05, 4.69) is 14.6 Å². The van der Waals surface area contributed by atoms with E-state index in [4.69, 9.17) is 10.5 Å². The lowest BCUT2D eigenvalue weighted by atomic mass is 10.1. The summed E-state index contributed by atoms with van der Waals surface area (Å²) in [5, 5.41) is 4.39. The highest BCUT2D eigenvalue weighted by Crippen LogP contribution is 2.29. The maximum atomic E-state index is 6.04. The maximum absolute atomic E-state index is 6.04. The Balaban J connectivity index is 2.16. The van der Waals surface area contributed by atoms with Gasteiger partial charge in [-0.15, -0.1) is 0 Å². The smallest absolute Gasteiger partial charge is 0.202 e. The van der Waals surface area contributed by atoms with Crippen molar-refractivity contribution in [2.75, 3.05) is 18.9 Å². The zero-order valence-corrected chi connectivity index (χ0v) is 10.2. The minimum absolute atomic E-state index is 0.378. The summed E-state index contributed by atoms with van der Waals surface area (Å²) in [4.78, 5) is 4.43. The Hall–Kier alpha value is -1.56. The number of nitrogen functional groups attached to an aromatic ring is 1. The number of nitrogens with two attached hydrogens (primary N) is 1. The van der Waals surface area contributed by atoms with Crippen LogP contribution in [0.2, 0.25) is 0 Å². The summed E-state index contributed by atoms with van der Waals surface area (Å²) in [6.45, 7) is 3.55. The van der Waals surface area contributed by atoms with Crippen LogP contribution in [0.3, 0.4) is 0 Å². The van der Waals surface area contributed by atoms with Crippen molar-refractivity contribution in [3.63, 3.8) is 0 Å². The molecule has 0 saturated carbocycles. The highest BCUT2D eigenvalue weighted by atomic mass is 16.5. The van der Waals surface area contributed by atoms with Gasteiger partial charge in [-0.2, -0.15) is 5.10 Å². The van der Waals surface area contributed by atoms with E-state index in [1.54, 1.807) is 0 Å². The quantitative estimate of drug-likeness (QED) is 0.800. The molecule has 0 atom stereocenters. The summed E-state index contributed by atoms with van der Waals surface area (Å²) in [6, 6.07) is 0.378. The van der Waals surface area contributed by atoms with Crippen LogP contribution in [0.25, 0.3) is 11.2 Å². The molecule has 1 aliphatic rings. The molecule has 0 spiro atoms. The van der Waals surface area contributed by atoms with Gasteiger partial charge in [0.2, 0.25) is 5.95 Å². The number of ether oxygens (including phenoxy) is 1. The Bertz CT molecular complexity index is 550. The largest absolute Gasteiger partial charge is 0.381 e. The van der Waals surface area contributed by atoms with E-state index in [0.717, 1.165) is 42.9 Å². The SMILES string of the molecule is Cc1nn(C)c2c1nc(N)n2C1CCOCC1. The summed E-state index contributed by atoms with van der Waals surface area (Å²) in [6.07, 6.45) is 1.97. The molecule has 0 aliphatic carbocycles. The van der Waals surface area contributed by atoms with Crippen LogP contribution in [0.4, 0.5) is 5.95 Å². The summed E-state index contributed by atoms with van der Waals surface area (Å²) < 4.78 is 9.36. The molecule has 3 rings (SSSR count). The minimum atomic E-state index is 0.378. The number of aromatic nitrogens is 4. The van der Waals surface area contributed by atoms with Crippen molar-refractivity contribution in [2.24, 2.45) is 7.05 Å². The third kappa shape index (κ3) is 1.51. The van der Waals surface area contributed by atoms with Crippen molar-refractivity contribution < 1.29 is 4.74 Å². The van der Waals surface area contributed by atoms with Crippen molar-refractivity contribution in [2.45, 2.75) is 25.8 Å². The highest BCUT2D eigenvalue weighted by Gasteiger charge is 2.23. The molecular weight excluding hydrogens is 218 g/mol. The molecule has 17 heavy (non-hydrogen) atoms. The number of aryl methyl sites for hydroxylation is 2. The van der Waals surface area contributed by atoms with Crippen molar-refractivity contribution in [1.82, 2.24) is 19.3 Å². The van der Waals surface area contributed by atoms with Crippen molar-refractivity contribution in [3.8, 4) is 0 Å². The molecule has 1 saturated heterocycles. The van der Waals surface area contributed by atoms with Crippen LogP contribution < -0.4 is 5.73 Å². The van der Waals surface area contributed by atoms with Gasteiger partial charge >= 0.3 is 0 Å². The van der Waals surface area contributed by atoms with Crippen LogP contribution in [0.5, 0.6) is 0 Å². The van der Waals surface area contributed by atoms with Crippen LogP contribution in [-0.4, -0.2) is 32.5 Å². The second kappa shape index (κ2) is 3.73. The van der Waals surface area contributed by atoms with Gasteiger partial charge in [0.15, 0.2) is 5.65 Å². The first kappa shape index (κ1) is 10.6. The molecule has 0 unspecified atom stereocenters.